The maximum atomic E-state index is 11.7. The molecule has 2 saturated heterocycles. The summed E-state index contributed by atoms with van der Waals surface area (Å²) in [5.41, 5.74) is 4.27. The van der Waals surface area contributed by atoms with Crippen LogP contribution in [0.5, 0.6) is 0 Å². The van der Waals surface area contributed by atoms with Crippen LogP contribution in [0.15, 0.2) is 11.8 Å². The van der Waals surface area contributed by atoms with Gasteiger partial charge in [0.2, 0.25) is 5.91 Å². The van der Waals surface area contributed by atoms with Crippen LogP contribution < -0.4 is 5.73 Å². The molecule has 0 aromatic carbocycles. The van der Waals surface area contributed by atoms with Gasteiger partial charge >= 0.3 is 11.9 Å². The van der Waals surface area contributed by atoms with Crippen molar-refractivity contribution in [1.82, 2.24) is 4.90 Å². The lowest BCUT2D eigenvalue weighted by Gasteiger charge is -2.52. The summed E-state index contributed by atoms with van der Waals surface area (Å²) in [5.74, 6) is -1.70. The van der Waals surface area contributed by atoms with E-state index in [0.717, 1.165) is 0 Å². The van der Waals surface area contributed by atoms with E-state index in [1.807, 2.05) is 0 Å². The predicted octanol–water partition coefficient (Wildman–Crippen LogP) is -0.233. The Morgan fingerprint density at radius 1 is 1.60 bits per heavy atom. The number of amides is 1. The van der Waals surface area contributed by atoms with Gasteiger partial charge < -0.3 is 20.5 Å². The van der Waals surface area contributed by atoms with Crippen molar-refractivity contribution in [2.24, 2.45) is 11.1 Å². The van der Waals surface area contributed by atoms with Crippen molar-refractivity contribution < 1.29 is 24.2 Å². The summed E-state index contributed by atoms with van der Waals surface area (Å²) in [6.45, 7) is 2.78. The van der Waals surface area contributed by atoms with E-state index in [0.29, 0.717) is 0 Å². The number of carbonyl (C=O) groups is 3. The number of hydrogen-bond donors (Lipinski definition) is 2. The Balaban J connectivity index is 2.30. The van der Waals surface area contributed by atoms with E-state index in [1.165, 1.54) is 29.7 Å². The number of β-lactam (4-membered cyclic amide) rings is 1. The molecule has 0 bridgehead atoms. The van der Waals surface area contributed by atoms with Crippen molar-refractivity contribution in [3.63, 3.8) is 0 Å². The van der Waals surface area contributed by atoms with E-state index in [2.05, 4.69) is 0 Å². The molecule has 3 atom stereocenters. The topological polar surface area (TPSA) is 110 Å². The number of rotatable bonds is 3. The second-order valence-corrected chi connectivity index (χ2v) is 5.93. The molecule has 7 nitrogen and oxygen atoms in total. The van der Waals surface area contributed by atoms with Gasteiger partial charge in [0.25, 0.3) is 0 Å². The number of ether oxygens (including phenoxy) is 1. The van der Waals surface area contributed by atoms with Crippen molar-refractivity contribution in [2.45, 2.75) is 25.3 Å². The predicted molar refractivity (Wildman–Crippen MR) is 71.5 cm³/mol. The summed E-state index contributed by atoms with van der Waals surface area (Å²) in [6.07, 6.45) is 1.46. The van der Waals surface area contributed by atoms with Gasteiger partial charge in [-0.25, -0.2) is 0 Å². The molecule has 2 unspecified atom stereocenters. The average Bonchev–Trinajstić information content (AvgIpc) is 2.42. The van der Waals surface area contributed by atoms with Crippen LogP contribution in [0.1, 0.15) is 13.8 Å². The minimum absolute atomic E-state index is 0.0283. The maximum absolute atomic E-state index is 11.7. The van der Waals surface area contributed by atoms with Crippen molar-refractivity contribution in [3.8, 4) is 0 Å². The molecule has 2 aliphatic rings. The molecular weight excluding hydrogens is 284 g/mol. The van der Waals surface area contributed by atoms with Crippen LogP contribution in [-0.2, 0) is 19.1 Å². The number of hydrogen-bond acceptors (Lipinski definition) is 6. The van der Waals surface area contributed by atoms with Gasteiger partial charge in [0.05, 0.1) is 0 Å². The molecule has 2 rings (SSSR count). The molecule has 2 aliphatic heterocycles. The van der Waals surface area contributed by atoms with Crippen LogP contribution in [0, 0.1) is 5.41 Å². The maximum Gasteiger partial charge on any atom is 0.320 e. The number of nitrogens with zero attached hydrogens (tertiary/aromatic N) is 1. The number of fused-ring (bicyclic) bond motifs is 1. The van der Waals surface area contributed by atoms with Gasteiger partial charge in [0.1, 0.15) is 17.2 Å². The first-order chi connectivity index (χ1) is 9.33. The summed E-state index contributed by atoms with van der Waals surface area (Å²) in [5, 5.41) is 9.38. The Bertz CT molecular complexity index is 506. The number of esters is 1. The van der Waals surface area contributed by atoms with Crippen LogP contribution in [0.2, 0.25) is 0 Å². The first-order valence-electron chi connectivity index (χ1n) is 6.10. The number of thioether (sulfide) groups is 1. The molecule has 20 heavy (non-hydrogen) atoms. The third kappa shape index (κ3) is 2.08. The number of aliphatic carboxylic acids is 1. The third-order valence-corrected chi connectivity index (χ3v) is 5.07. The molecule has 0 spiro atoms. The molecule has 3 N–H and O–H groups in total. The molecule has 8 heteroatoms. The lowest BCUT2D eigenvalue weighted by Crippen LogP contribution is -2.72. The fraction of sp³-hybridized carbons (Fsp3) is 0.583. The van der Waals surface area contributed by atoms with Gasteiger partial charge in [-0.15, -0.1) is 11.8 Å². The highest BCUT2D eigenvalue weighted by molar-refractivity contribution is 8.00. The van der Waals surface area contributed by atoms with Gasteiger partial charge in [-0.1, -0.05) is 0 Å². The Hall–Kier alpha value is -1.54. The van der Waals surface area contributed by atoms with Gasteiger partial charge in [0, 0.05) is 19.2 Å². The molecule has 0 aliphatic carbocycles. The SMILES string of the molecule is CC=C(OC(C)=O)C1(C(=O)O)CS[C@@H]2C(N)C(=O)N2C1. The fourth-order valence-corrected chi connectivity index (χ4v) is 3.94. The van der Waals surface area contributed by atoms with E-state index in [1.54, 1.807) is 6.92 Å². The molecule has 110 valence electrons. The monoisotopic (exact) mass is 300 g/mol. The number of nitrogens with two attached hydrogens (primary N) is 1. The minimum atomic E-state index is -1.41. The molecule has 2 fully saturated rings. The van der Waals surface area contributed by atoms with Crippen LogP contribution in [-0.4, -0.2) is 51.6 Å². The Morgan fingerprint density at radius 3 is 2.75 bits per heavy atom. The summed E-state index contributed by atoms with van der Waals surface area (Å²) in [7, 11) is 0. The van der Waals surface area contributed by atoms with Crippen LogP contribution >= 0.6 is 11.8 Å². The smallest absolute Gasteiger partial charge is 0.320 e. The second-order valence-electron chi connectivity index (χ2n) is 4.83. The minimum Gasteiger partial charge on any atom is -0.480 e. The van der Waals surface area contributed by atoms with Gasteiger partial charge in [-0.3, -0.25) is 14.4 Å². The van der Waals surface area contributed by atoms with Crippen LogP contribution in [0.3, 0.4) is 0 Å². The lowest BCUT2D eigenvalue weighted by molar-refractivity contribution is -0.157. The summed E-state index contributed by atoms with van der Waals surface area (Å²) in [6, 6.07) is -0.574. The number of allylic oxidation sites excluding steroid dienone is 1. The molecule has 1 amide bonds. The number of carboxylic acid groups (broad SMARTS) is 1. The summed E-state index contributed by atoms with van der Waals surface area (Å²) in [4.78, 5) is 36.0. The van der Waals surface area contributed by atoms with Gasteiger partial charge in [-0.05, 0) is 13.0 Å². The normalized spacial score (nSPS) is 33.2. The summed E-state index contributed by atoms with van der Waals surface area (Å²) >= 11 is 1.30. The zero-order valence-electron chi connectivity index (χ0n) is 11.2. The van der Waals surface area contributed by atoms with E-state index in [4.69, 9.17) is 10.5 Å². The Kier molecular flexibility index (Phi) is 3.79. The first-order valence-corrected chi connectivity index (χ1v) is 7.14. The molecule has 2 heterocycles. The largest absolute Gasteiger partial charge is 0.480 e. The zero-order chi connectivity index (χ0) is 15.1. The molecule has 0 radical (unpaired) electrons. The Labute approximate surface area is 120 Å². The third-order valence-electron chi connectivity index (χ3n) is 3.52. The van der Waals surface area contributed by atoms with E-state index < -0.39 is 23.4 Å². The van der Waals surface area contributed by atoms with Crippen molar-refractivity contribution in [3.05, 3.63) is 11.8 Å². The highest BCUT2D eigenvalue weighted by atomic mass is 32.2. The van der Waals surface area contributed by atoms with Crippen molar-refractivity contribution >= 4 is 29.6 Å². The van der Waals surface area contributed by atoms with Crippen LogP contribution in [0.25, 0.3) is 0 Å². The highest BCUT2D eigenvalue weighted by Gasteiger charge is 2.58. The lowest BCUT2D eigenvalue weighted by atomic mass is 9.84. The average molecular weight is 300 g/mol. The molecule has 0 aromatic rings. The number of carboxylic acids is 1. The van der Waals surface area contributed by atoms with Crippen molar-refractivity contribution in [2.75, 3.05) is 12.3 Å². The van der Waals surface area contributed by atoms with Gasteiger partial charge in [-0.2, -0.15) is 0 Å². The quantitative estimate of drug-likeness (QED) is 0.421. The molecule has 0 aromatic heterocycles. The van der Waals surface area contributed by atoms with Crippen LogP contribution in [0.4, 0.5) is 0 Å². The Morgan fingerprint density at radius 2 is 2.25 bits per heavy atom. The van der Waals surface area contributed by atoms with E-state index in [9.17, 15) is 19.5 Å². The zero-order valence-corrected chi connectivity index (χ0v) is 12.0. The standard InChI is InChI=1S/C12H16N2O5S/c1-3-7(19-6(2)15)12(11(17)18)4-14-9(16)8(13)10(14)20-5-12/h3,8,10H,4-5,13H2,1-2H3,(H,17,18)/t8?,10-,12?/m1/s1. The van der Waals surface area contributed by atoms with E-state index >= 15 is 0 Å². The molecule has 0 saturated carbocycles. The fourth-order valence-electron chi connectivity index (χ4n) is 2.45. The molecular formula is C12H16N2O5S. The van der Waals surface area contributed by atoms with E-state index in [-0.39, 0.29) is 29.3 Å². The van der Waals surface area contributed by atoms with Crippen molar-refractivity contribution in [1.29, 1.82) is 0 Å². The number of carbonyl (C=O) groups excluding carboxylic acids is 2. The summed E-state index contributed by atoms with van der Waals surface area (Å²) < 4.78 is 5.03. The second kappa shape index (κ2) is 5.10. The highest BCUT2D eigenvalue weighted by Crippen LogP contribution is 2.45. The van der Waals surface area contributed by atoms with Gasteiger partial charge in [0.15, 0.2) is 5.41 Å². The first kappa shape index (κ1) is 14.9.